The summed E-state index contributed by atoms with van der Waals surface area (Å²) in [4.78, 5) is 17.2. The molecule has 0 aromatic carbocycles. The molecule has 0 N–H and O–H groups in total. The van der Waals surface area contributed by atoms with Crippen LogP contribution in [0.4, 0.5) is 5.82 Å². The molecule has 5 heteroatoms. The van der Waals surface area contributed by atoms with Gasteiger partial charge in [0.1, 0.15) is 16.5 Å². The van der Waals surface area contributed by atoms with Crippen molar-refractivity contribution in [2.24, 2.45) is 0 Å². The van der Waals surface area contributed by atoms with E-state index in [1.54, 1.807) is 10.4 Å². The molecule has 1 aliphatic heterocycles. The summed E-state index contributed by atoms with van der Waals surface area (Å²) in [6.45, 7) is 4.24. The van der Waals surface area contributed by atoms with Gasteiger partial charge in [0.25, 0.3) is 0 Å². The summed E-state index contributed by atoms with van der Waals surface area (Å²) in [5, 5.41) is 1.36. The Morgan fingerprint density at radius 3 is 2.86 bits per heavy atom. The van der Waals surface area contributed by atoms with Gasteiger partial charge in [-0.15, -0.1) is 11.3 Å². The van der Waals surface area contributed by atoms with Gasteiger partial charge in [-0.3, -0.25) is 0 Å². The van der Waals surface area contributed by atoms with Gasteiger partial charge in [0, 0.05) is 24.0 Å². The van der Waals surface area contributed by atoms with E-state index < -0.39 is 0 Å². The maximum atomic E-state index is 4.87. The van der Waals surface area contributed by atoms with Crippen LogP contribution < -0.4 is 4.90 Å². The van der Waals surface area contributed by atoms with E-state index in [-0.39, 0.29) is 0 Å². The van der Waals surface area contributed by atoms with Gasteiger partial charge in [-0.05, 0) is 58.7 Å². The fraction of sp³-hybridized carbons (Fsp3) is 0.647. The molecule has 4 nitrogen and oxygen atoms in total. The zero-order valence-electron chi connectivity index (χ0n) is 13.7. The molecule has 22 heavy (non-hydrogen) atoms. The van der Waals surface area contributed by atoms with Crippen molar-refractivity contribution in [1.82, 2.24) is 14.9 Å². The molecule has 2 aromatic rings. The van der Waals surface area contributed by atoms with Crippen molar-refractivity contribution in [2.75, 3.05) is 32.1 Å². The van der Waals surface area contributed by atoms with E-state index >= 15 is 0 Å². The number of hydrogen-bond acceptors (Lipinski definition) is 5. The van der Waals surface area contributed by atoms with E-state index in [1.165, 1.54) is 48.1 Å². The minimum absolute atomic E-state index is 0.630. The number of likely N-dealkylation sites (N-methyl/N-ethyl adjacent to an activating group) is 1. The van der Waals surface area contributed by atoms with Gasteiger partial charge in [-0.1, -0.05) is 0 Å². The second-order valence-electron chi connectivity index (χ2n) is 6.84. The lowest BCUT2D eigenvalue weighted by Gasteiger charge is -2.37. The second-order valence-corrected chi connectivity index (χ2v) is 7.92. The fourth-order valence-electron chi connectivity index (χ4n) is 3.88. The van der Waals surface area contributed by atoms with Crippen LogP contribution in [0.25, 0.3) is 10.2 Å². The van der Waals surface area contributed by atoms with Crippen molar-refractivity contribution >= 4 is 27.4 Å². The first kappa shape index (κ1) is 14.4. The molecule has 1 aliphatic carbocycles. The SMILES string of the molecule is Cc1nc(N2CCC[C@H](N(C)C)C2)c2c3c(sc2n1)CCC3. The highest BCUT2D eigenvalue weighted by atomic mass is 32.1. The van der Waals surface area contributed by atoms with Gasteiger partial charge in [0.15, 0.2) is 0 Å². The first-order valence-electron chi connectivity index (χ1n) is 8.33. The minimum Gasteiger partial charge on any atom is -0.354 e. The molecular weight excluding hydrogens is 292 g/mol. The summed E-state index contributed by atoms with van der Waals surface area (Å²) in [6, 6.07) is 0.630. The molecule has 118 valence electrons. The first-order chi connectivity index (χ1) is 10.6. The molecular formula is C17H24N4S. The third-order valence-electron chi connectivity index (χ3n) is 5.08. The topological polar surface area (TPSA) is 32.3 Å². The number of anilines is 1. The highest BCUT2D eigenvalue weighted by molar-refractivity contribution is 7.19. The summed E-state index contributed by atoms with van der Waals surface area (Å²) in [6.07, 6.45) is 6.28. The van der Waals surface area contributed by atoms with E-state index in [9.17, 15) is 0 Å². The van der Waals surface area contributed by atoms with Crippen molar-refractivity contribution in [1.29, 1.82) is 0 Å². The predicted octanol–water partition coefficient (Wildman–Crippen LogP) is 3.02. The molecule has 0 saturated carbocycles. The Balaban J connectivity index is 1.80. The van der Waals surface area contributed by atoms with Crippen molar-refractivity contribution in [2.45, 2.75) is 45.1 Å². The van der Waals surface area contributed by atoms with E-state index in [1.807, 2.05) is 18.3 Å². The fourth-order valence-corrected chi connectivity index (χ4v) is 5.18. The number of piperidine rings is 1. The molecule has 1 fully saturated rings. The van der Waals surface area contributed by atoms with Crippen LogP contribution in [0.5, 0.6) is 0 Å². The van der Waals surface area contributed by atoms with Gasteiger partial charge in [0.2, 0.25) is 0 Å². The summed E-state index contributed by atoms with van der Waals surface area (Å²) in [5.41, 5.74) is 1.54. The molecule has 0 spiro atoms. The van der Waals surface area contributed by atoms with E-state index in [0.29, 0.717) is 6.04 Å². The van der Waals surface area contributed by atoms with E-state index in [0.717, 1.165) is 18.9 Å². The molecule has 0 bridgehead atoms. The quantitative estimate of drug-likeness (QED) is 0.852. The number of aryl methyl sites for hydroxylation is 3. The monoisotopic (exact) mass is 316 g/mol. The van der Waals surface area contributed by atoms with Crippen LogP contribution in [0.1, 0.15) is 35.5 Å². The van der Waals surface area contributed by atoms with Crippen LogP contribution in [0.2, 0.25) is 0 Å². The summed E-state index contributed by atoms with van der Waals surface area (Å²) < 4.78 is 0. The number of nitrogens with zero attached hydrogens (tertiary/aromatic N) is 4. The van der Waals surface area contributed by atoms with Gasteiger partial charge in [-0.2, -0.15) is 0 Å². The molecule has 3 heterocycles. The van der Waals surface area contributed by atoms with Gasteiger partial charge in [-0.25, -0.2) is 9.97 Å². The molecule has 0 unspecified atom stereocenters. The van der Waals surface area contributed by atoms with Gasteiger partial charge >= 0.3 is 0 Å². The van der Waals surface area contributed by atoms with E-state index in [2.05, 4.69) is 23.9 Å². The summed E-state index contributed by atoms with van der Waals surface area (Å²) >= 11 is 1.90. The number of hydrogen-bond donors (Lipinski definition) is 0. The van der Waals surface area contributed by atoms with Crippen LogP contribution >= 0.6 is 11.3 Å². The zero-order valence-corrected chi connectivity index (χ0v) is 14.5. The molecule has 2 aromatic heterocycles. The zero-order chi connectivity index (χ0) is 15.3. The first-order valence-corrected chi connectivity index (χ1v) is 9.15. The smallest absolute Gasteiger partial charge is 0.141 e. The average Bonchev–Trinajstić information content (AvgIpc) is 3.06. The highest BCUT2D eigenvalue weighted by Crippen LogP contribution is 2.41. The molecule has 0 radical (unpaired) electrons. The Kier molecular flexibility index (Phi) is 3.57. The minimum atomic E-state index is 0.630. The van der Waals surface area contributed by atoms with Crippen LogP contribution in [0.3, 0.4) is 0 Å². The lowest BCUT2D eigenvalue weighted by atomic mass is 10.0. The van der Waals surface area contributed by atoms with Crippen molar-refractivity contribution < 1.29 is 0 Å². The predicted molar refractivity (Wildman–Crippen MR) is 93.1 cm³/mol. The van der Waals surface area contributed by atoms with Crippen molar-refractivity contribution in [3.63, 3.8) is 0 Å². The normalized spacial score (nSPS) is 21.8. The Hall–Kier alpha value is -1.20. The summed E-state index contributed by atoms with van der Waals surface area (Å²) in [7, 11) is 4.38. The van der Waals surface area contributed by atoms with Crippen molar-refractivity contribution in [3.8, 4) is 0 Å². The average molecular weight is 316 g/mol. The number of rotatable bonds is 2. The largest absolute Gasteiger partial charge is 0.354 e. The third kappa shape index (κ3) is 2.31. The maximum absolute atomic E-state index is 4.87. The lowest BCUT2D eigenvalue weighted by Crippen LogP contribution is -2.45. The molecule has 0 amide bonds. The Bertz CT molecular complexity index is 706. The van der Waals surface area contributed by atoms with Gasteiger partial charge in [0.05, 0.1) is 5.39 Å². The Morgan fingerprint density at radius 1 is 1.18 bits per heavy atom. The molecule has 1 saturated heterocycles. The lowest BCUT2D eigenvalue weighted by molar-refractivity contribution is 0.257. The Labute approximate surface area is 136 Å². The molecule has 1 atom stereocenters. The van der Waals surface area contributed by atoms with Crippen LogP contribution in [0, 0.1) is 6.92 Å². The van der Waals surface area contributed by atoms with Crippen LogP contribution in [0.15, 0.2) is 0 Å². The standard InChI is InChI=1S/C17H24N4S/c1-11-18-16(21-9-5-6-12(10-21)20(2)3)15-13-7-4-8-14(13)22-17(15)19-11/h12H,4-10H2,1-3H3/t12-/m0/s1. The number of aromatic nitrogens is 2. The van der Waals surface area contributed by atoms with Gasteiger partial charge < -0.3 is 9.80 Å². The number of thiophene rings is 1. The maximum Gasteiger partial charge on any atom is 0.141 e. The molecule has 4 rings (SSSR count). The third-order valence-corrected chi connectivity index (χ3v) is 6.27. The van der Waals surface area contributed by atoms with Crippen LogP contribution in [-0.4, -0.2) is 48.1 Å². The van der Waals surface area contributed by atoms with Crippen molar-refractivity contribution in [3.05, 3.63) is 16.3 Å². The Morgan fingerprint density at radius 2 is 2.05 bits per heavy atom. The number of fused-ring (bicyclic) bond motifs is 3. The summed E-state index contributed by atoms with van der Waals surface area (Å²) in [5.74, 6) is 2.11. The van der Waals surface area contributed by atoms with E-state index in [4.69, 9.17) is 9.97 Å². The molecule has 2 aliphatic rings. The highest BCUT2D eigenvalue weighted by Gasteiger charge is 2.27. The van der Waals surface area contributed by atoms with Crippen LogP contribution in [-0.2, 0) is 12.8 Å². The second kappa shape index (κ2) is 5.46.